The van der Waals surface area contributed by atoms with Crippen LogP contribution in [0.4, 0.5) is 4.79 Å². The summed E-state index contributed by atoms with van der Waals surface area (Å²) in [6.07, 6.45) is 1.58. The molecule has 4 amide bonds. The van der Waals surface area contributed by atoms with Crippen LogP contribution in [0.3, 0.4) is 0 Å². The zero-order chi connectivity index (χ0) is 28.0. The molecule has 2 fully saturated rings. The molecule has 0 aliphatic carbocycles. The fourth-order valence-corrected chi connectivity index (χ4v) is 5.57. The van der Waals surface area contributed by atoms with Crippen LogP contribution in [0.5, 0.6) is 5.75 Å². The van der Waals surface area contributed by atoms with Crippen LogP contribution in [0, 0.1) is 0 Å². The first-order chi connectivity index (χ1) is 19.3. The highest BCUT2D eigenvalue weighted by atomic mass is 16.5. The van der Waals surface area contributed by atoms with E-state index in [1.165, 1.54) is 12.0 Å². The standard InChI is InChI=1S/C27H29N7O6/c1-3-32-6-8-33(9-7-32)23(31-38)17-10-21-20(28-13-17)12-22(40-21)27(25(36)29-26(37)30-27)15-34-14-16-4-5-18(39-2)11-19(16)24(34)35/h4-5,10-13,38H,3,6-9,14-15H2,1-2H3,(H2,29,30,36,37)/t27-/m0/s1. The van der Waals surface area contributed by atoms with E-state index < -0.39 is 17.5 Å². The molecule has 0 bridgehead atoms. The molecule has 40 heavy (non-hydrogen) atoms. The molecule has 1 atom stereocenters. The Labute approximate surface area is 229 Å². The molecule has 0 radical (unpaired) electrons. The van der Waals surface area contributed by atoms with Gasteiger partial charge < -0.3 is 34.4 Å². The zero-order valence-electron chi connectivity index (χ0n) is 22.1. The van der Waals surface area contributed by atoms with Gasteiger partial charge in [-0.15, -0.1) is 0 Å². The topological polar surface area (TPSA) is 153 Å². The lowest BCUT2D eigenvalue weighted by atomic mass is 9.95. The van der Waals surface area contributed by atoms with Crippen LogP contribution in [0.25, 0.3) is 11.1 Å². The molecule has 0 spiro atoms. The number of amides is 4. The normalized spacial score (nSPS) is 21.6. The van der Waals surface area contributed by atoms with Gasteiger partial charge in [-0.05, 0) is 30.3 Å². The van der Waals surface area contributed by atoms with Crippen molar-refractivity contribution in [2.24, 2.45) is 5.16 Å². The first-order valence-corrected chi connectivity index (χ1v) is 13.0. The van der Waals surface area contributed by atoms with Gasteiger partial charge in [-0.1, -0.05) is 18.1 Å². The Morgan fingerprint density at radius 2 is 1.98 bits per heavy atom. The first-order valence-electron chi connectivity index (χ1n) is 13.0. The smallest absolute Gasteiger partial charge is 0.322 e. The number of piperazine rings is 1. The molecule has 0 unspecified atom stereocenters. The van der Waals surface area contributed by atoms with Crippen molar-refractivity contribution >= 4 is 34.8 Å². The molecule has 3 aromatic rings. The number of imide groups is 1. The molecule has 5 heterocycles. The maximum absolute atomic E-state index is 13.3. The highest BCUT2D eigenvalue weighted by Crippen LogP contribution is 2.35. The Morgan fingerprint density at radius 3 is 2.65 bits per heavy atom. The Kier molecular flexibility index (Phi) is 6.29. The summed E-state index contributed by atoms with van der Waals surface area (Å²) in [6.45, 7) is 6.25. The van der Waals surface area contributed by atoms with Gasteiger partial charge in [0.05, 0.1) is 13.7 Å². The SMILES string of the molecule is CCN1CCN(C(=NO)c2cnc3cc([C@]4(CN5Cc6ccc(OC)cc6C5=O)NC(=O)NC4=O)oc3c2)CC1. The molecule has 208 valence electrons. The fourth-order valence-electron chi connectivity index (χ4n) is 5.57. The number of amidine groups is 1. The lowest BCUT2D eigenvalue weighted by Crippen LogP contribution is -2.52. The Hall–Kier alpha value is -4.65. The summed E-state index contributed by atoms with van der Waals surface area (Å²) in [5.74, 6) is 0.138. The number of hydrogen-bond donors (Lipinski definition) is 3. The number of carbonyl (C=O) groups is 3. The molecule has 3 aliphatic heterocycles. The van der Waals surface area contributed by atoms with Crippen molar-refractivity contribution in [2.75, 3.05) is 46.4 Å². The maximum Gasteiger partial charge on any atom is 0.322 e. The number of furan rings is 1. The lowest BCUT2D eigenvalue weighted by Gasteiger charge is -2.35. The van der Waals surface area contributed by atoms with Crippen molar-refractivity contribution in [3.05, 3.63) is 59.0 Å². The number of carbonyl (C=O) groups excluding carboxylic acids is 3. The van der Waals surface area contributed by atoms with Crippen molar-refractivity contribution in [3.8, 4) is 5.75 Å². The van der Waals surface area contributed by atoms with Crippen LogP contribution in [0.2, 0.25) is 0 Å². The van der Waals surface area contributed by atoms with Gasteiger partial charge in [0.2, 0.25) is 0 Å². The molecular weight excluding hydrogens is 518 g/mol. The molecular formula is C27H29N7O6. The predicted octanol–water partition coefficient (Wildman–Crippen LogP) is 1.30. The number of urea groups is 1. The average Bonchev–Trinajstić information content (AvgIpc) is 3.62. The van der Waals surface area contributed by atoms with Crippen LogP contribution in [0.15, 0.2) is 46.1 Å². The highest BCUT2D eigenvalue weighted by Gasteiger charge is 2.53. The quantitative estimate of drug-likeness (QED) is 0.136. The van der Waals surface area contributed by atoms with Crippen molar-refractivity contribution in [1.82, 2.24) is 30.3 Å². The summed E-state index contributed by atoms with van der Waals surface area (Å²) in [7, 11) is 1.52. The van der Waals surface area contributed by atoms with Crippen LogP contribution >= 0.6 is 0 Å². The maximum atomic E-state index is 13.3. The summed E-state index contributed by atoms with van der Waals surface area (Å²) >= 11 is 0. The largest absolute Gasteiger partial charge is 0.497 e. The highest BCUT2D eigenvalue weighted by molar-refractivity contribution is 6.08. The van der Waals surface area contributed by atoms with E-state index in [4.69, 9.17) is 9.15 Å². The van der Waals surface area contributed by atoms with Gasteiger partial charge in [0.1, 0.15) is 17.0 Å². The van der Waals surface area contributed by atoms with Crippen LogP contribution in [-0.2, 0) is 16.9 Å². The molecule has 1 aromatic carbocycles. The monoisotopic (exact) mass is 547 g/mol. The first kappa shape index (κ1) is 25.6. The summed E-state index contributed by atoms with van der Waals surface area (Å²) in [4.78, 5) is 49.1. The molecule has 13 nitrogen and oxygen atoms in total. The minimum atomic E-state index is -1.66. The third-order valence-corrected chi connectivity index (χ3v) is 7.83. The van der Waals surface area contributed by atoms with Gasteiger partial charge in [0, 0.05) is 56.1 Å². The number of pyridine rings is 1. The number of nitrogens with zero attached hydrogens (tertiary/aromatic N) is 5. The Bertz CT molecular complexity index is 1540. The van der Waals surface area contributed by atoms with E-state index in [0.29, 0.717) is 46.9 Å². The number of fused-ring (bicyclic) bond motifs is 2. The molecule has 3 N–H and O–H groups in total. The number of aromatic nitrogens is 1. The van der Waals surface area contributed by atoms with Gasteiger partial charge >= 0.3 is 6.03 Å². The molecule has 2 aromatic heterocycles. The van der Waals surface area contributed by atoms with E-state index >= 15 is 0 Å². The Morgan fingerprint density at radius 1 is 1.18 bits per heavy atom. The summed E-state index contributed by atoms with van der Waals surface area (Å²) in [6, 6.07) is 7.82. The van der Waals surface area contributed by atoms with Crippen molar-refractivity contribution < 1.29 is 28.7 Å². The number of likely N-dealkylation sites (N-methyl/N-ethyl adjacent to an activating group) is 1. The van der Waals surface area contributed by atoms with Crippen molar-refractivity contribution in [2.45, 2.75) is 19.0 Å². The fraction of sp³-hybridized carbons (Fsp3) is 0.370. The third-order valence-electron chi connectivity index (χ3n) is 7.83. The second-order valence-corrected chi connectivity index (χ2v) is 10.1. The molecule has 3 aliphatic rings. The van der Waals surface area contributed by atoms with E-state index in [1.807, 2.05) is 4.90 Å². The van der Waals surface area contributed by atoms with Gasteiger partial charge in [-0.25, -0.2) is 4.79 Å². The van der Waals surface area contributed by atoms with Gasteiger partial charge in [0.25, 0.3) is 11.8 Å². The van der Waals surface area contributed by atoms with Gasteiger partial charge in [0.15, 0.2) is 17.0 Å². The number of benzene rings is 1. The summed E-state index contributed by atoms with van der Waals surface area (Å²) in [5.41, 5.74) is 0.942. The van der Waals surface area contributed by atoms with Crippen molar-refractivity contribution in [3.63, 3.8) is 0 Å². The molecule has 6 rings (SSSR count). The van der Waals surface area contributed by atoms with E-state index in [2.05, 4.69) is 32.6 Å². The van der Waals surface area contributed by atoms with Crippen LogP contribution < -0.4 is 15.4 Å². The van der Waals surface area contributed by atoms with Crippen LogP contribution in [0.1, 0.15) is 34.2 Å². The molecule has 13 heteroatoms. The number of methoxy groups -OCH3 is 1. The van der Waals surface area contributed by atoms with E-state index in [9.17, 15) is 19.6 Å². The summed E-state index contributed by atoms with van der Waals surface area (Å²) in [5, 5.41) is 18.3. The number of rotatable bonds is 6. The minimum Gasteiger partial charge on any atom is -0.497 e. The van der Waals surface area contributed by atoms with E-state index in [1.54, 1.807) is 36.5 Å². The second kappa shape index (κ2) is 9.83. The lowest BCUT2D eigenvalue weighted by molar-refractivity contribution is -0.125. The minimum absolute atomic E-state index is 0.135. The number of oxime groups is 1. The third kappa shape index (κ3) is 4.18. The van der Waals surface area contributed by atoms with Gasteiger partial charge in [-0.3, -0.25) is 19.9 Å². The number of nitrogens with one attached hydrogen (secondary N) is 2. The molecule has 0 saturated carbocycles. The Balaban J connectivity index is 1.31. The second-order valence-electron chi connectivity index (χ2n) is 10.1. The summed E-state index contributed by atoms with van der Waals surface area (Å²) < 4.78 is 11.4. The zero-order valence-corrected chi connectivity index (χ0v) is 22.1. The van der Waals surface area contributed by atoms with E-state index in [-0.39, 0.29) is 24.8 Å². The number of ether oxygens (including phenoxy) is 1. The van der Waals surface area contributed by atoms with Crippen LogP contribution in [-0.4, -0.2) is 95.0 Å². The van der Waals surface area contributed by atoms with Crippen molar-refractivity contribution in [1.29, 1.82) is 0 Å². The van der Waals surface area contributed by atoms with Gasteiger partial charge in [-0.2, -0.15) is 0 Å². The predicted molar refractivity (Wildman–Crippen MR) is 142 cm³/mol. The molecule has 2 saturated heterocycles. The van der Waals surface area contributed by atoms with E-state index in [0.717, 1.165) is 25.2 Å². The number of hydrogen-bond acceptors (Lipinski definition) is 9. The average molecular weight is 548 g/mol.